The number of ether oxygens (including phenoxy) is 2. The van der Waals surface area contributed by atoms with E-state index in [2.05, 4.69) is 10.1 Å². The van der Waals surface area contributed by atoms with Gasteiger partial charge in [0.2, 0.25) is 5.91 Å². The van der Waals surface area contributed by atoms with Gasteiger partial charge in [-0.1, -0.05) is 0 Å². The quantitative estimate of drug-likeness (QED) is 0.639. The molecular formula is C12H18N2O6. The fraction of sp³-hybridized carbons (Fsp3) is 0.667. The first-order valence-electron chi connectivity index (χ1n) is 6.23. The Bertz CT molecular complexity index is 409. The molecule has 0 aliphatic carbocycles. The Labute approximate surface area is 116 Å². The average molecular weight is 286 g/mol. The number of esters is 2. The molecule has 8 heteroatoms. The van der Waals surface area contributed by atoms with Crippen LogP contribution in [-0.2, 0) is 28.7 Å². The number of nitrogens with zero attached hydrogens (tertiary/aromatic N) is 1. The molecule has 0 saturated carbocycles. The number of likely N-dealkylation sites (tertiary alicyclic amines) is 1. The van der Waals surface area contributed by atoms with Gasteiger partial charge in [0.05, 0.1) is 7.11 Å². The van der Waals surface area contributed by atoms with E-state index in [9.17, 15) is 19.2 Å². The zero-order valence-corrected chi connectivity index (χ0v) is 11.5. The average Bonchev–Trinajstić information content (AvgIpc) is 2.91. The van der Waals surface area contributed by atoms with E-state index in [-0.39, 0.29) is 12.5 Å². The van der Waals surface area contributed by atoms with Gasteiger partial charge in [-0.05, 0) is 12.8 Å². The maximum Gasteiger partial charge on any atom is 0.329 e. The molecule has 0 unspecified atom stereocenters. The lowest BCUT2D eigenvalue weighted by Gasteiger charge is -2.21. The van der Waals surface area contributed by atoms with E-state index in [4.69, 9.17) is 4.74 Å². The Balaban J connectivity index is 2.34. The van der Waals surface area contributed by atoms with Crippen molar-refractivity contribution in [2.24, 2.45) is 0 Å². The van der Waals surface area contributed by atoms with Crippen molar-refractivity contribution in [3.8, 4) is 0 Å². The number of amides is 2. The van der Waals surface area contributed by atoms with E-state index in [0.29, 0.717) is 13.0 Å². The van der Waals surface area contributed by atoms with Gasteiger partial charge in [-0.25, -0.2) is 4.79 Å². The highest BCUT2D eigenvalue weighted by Crippen LogP contribution is 2.18. The second-order valence-corrected chi connectivity index (χ2v) is 4.33. The molecule has 0 aromatic carbocycles. The lowest BCUT2D eigenvalue weighted by atomic mass is 10.2. The van der Waals surface area contributed by atoms with Gasteiger partial charge >= 0.3 is 11.9 Å². The molecule has 20 heavy (non-hydrogen) atoms. The van der Waals surface area contributed by atoms with Crippen LogP contribution >= 0.6 is 0 Å². The minimum atomic E-state index is -0.624. The Morgan fingerprint density at radius 2 is 2.00 bits per heavy atom. The predicted molar refractivity (Wildman–Crippen MR) is 66.4 cm³/mol. The van der Waals surface area contributed by atoms with Gasteiger partial charge < -0.3 is 19.7 Å². The summed E-state index contributed by atoms with van der Waals surface area (Å²) in [6.07, 6.45) is 1.26. The monoisotopic (exact) mass is 286 g/mol. The molecule has 112 valence electrons. The fourth-order valence-electron chi connectivity index (χ4n) is 1.92. The van der Waals surface area contributed by atoms with Crippen molar-refractivity contribution in [3.63, 3.8) is 0 Å². The first kappa shape index (κ1) is 15.9. The van der Waals surface area contributed by atoms with Gasteiger partial charge in [-0.2, -0.15) is 0 Å². The third-order valence-electron chi connectivity index (χ3n) is 2.93. The van der Waals surface area contributed by atoms with Crippen LogP contribution in [0, 0.1) is 0 Å². The van der Waals surface area contributed by atoms with Crippen LogP contribution in [0.2, 0.25) is 0 Å². The number of rotatable bonds is 5. The van der Waals surface area contributed by atoms with Crippen molar-refractivity contribution in [2.45, 2.75) is 25.8 Å². The largest absolute Gasteiger partial charge is 0.468 e. The molecule has 0 radical (unpaired) electrons. The first-order chi connectivity index (χ1) is 9.45. The third kappa shape index (κ3) is 4.52. The lowest BCUT2D eigenvalue weighted by Crippen LogP contribution is -2.41. The van der Waals surface area contributed by atoms with Crippen molar-refractivity contribution in [3.05, 3.63) is 0 Å². The molecule has 0 spiro atoms. The van der Waals surface area contributed by atoms with Crippen LogP contribution in [0.15, 0.2) is 0 Å². The van der Waals surface area contributed by atoms with Crippen molar-refractivity contribution in [1.82, 2.24) is 10.2 Å². The van der Waals surface area contributed by atoms with Gasteiger partial charge in [-0.3, -0.25) is 14.4 Å². The Kier molecular flexibility index (Phi) is 5.95. The van der Waals surface area contributed by atoms with Crippen molar-refractivity contribution in [2.75, 3.05) is 26.8 Å². The van der Waals surface area contributed by atoms with Gasteiger partial charge in [0.1, 0.15) is 12.6 Å². The fourth-order valence-corrected chi connectivity index (χ4v) is 1.92. The van der Waals surface area contributed by atoms with E-state index >= 15 is 0 Å². The van der Waals surface area contributed by atoms with Crippen LogP contribution in [0.4, 0.5) is 0 Å². The Morgan fingerprint density at radius 1 is 1.30 bits per heavy atom. The number of hydrogen-bond acceptors (Lipinski definition) is 6. The van der Waals surface area contributed by atoms with Crippen LogP contribution in [0.3, 0.4) is 0 Å². The van der Waals surface area contributed by atoms with Gasteiger partial charge in [0.25, 0.3) is 5.91 Å². The van der Waals surface area contributed by atoms with Crippen LogP contribution in [0.1, 0.15) is 19.8 Å². The number of nitrogens with one attached hydrogen (secondary N) is 1. The van der Waals surface area contributed by atoms with Crippen molar-refractivity contribution in [1.29, 1.82) is 0 Å². The molecule has 1 saturated heterocycles. The van der Waals surface area contributed by atoms with Gasteiger partial charge in [-0.15, -0.1) is 0 Å². The summed E-state index contributed by atoms with van der Waals surface area (Å²) in [5, 5.41) is 2.24. The molecule has 0 aromatic heterocycles. The Morgan fingerprint density at radius 3 is 2.60 bits per heavy atom. The molecule has 1 atom stereocenters. The zero-order valence-electron chi connectivity index (χ0n) is 11.5. The van der Waals surface area contributed by atoms with Crippen LogP contribution in [0.25, 0.3) is 0 Å². The molecule has 2 amide bonds. The summed E-state index contributed by atoms with van der Waals surface area (Å²) in [6.45, 7) is 1.13. The van der Waals surface area contributed by atoms with Gasteiger partial charge in [0, 0.05) is 13.5 Å². The molecule has 1 fully saturated rings. The molecule has 1 aliphatic heterocycles. The highest BCUT2D eigenvalue weighted by Gasteiger charge is 2.33. The van der Waals surface area contributed by atoms with Crippen molar-refractivity contribution < 1.29 is 28.7 Å². The molecule has 8 nitrogen and oxygen atoms in total. The zero-order chi connectivity index (χ0) is 15.1. The van der Waals surface area contributed by atoms with Gasteiger partial charge in [0.15, 0.2) is 6.61 Å². The standard InChI is InChI=1S/C12H18N2O6/c1-8(15)14-5-3-4-9(14)12(18)20-7-10(16)13-6-11(17)19-2/h9H,3-7H2,1-2H3,(H,13,16)/t9-/m0/s1. The van der Waals surface area contributed by atoms with E-state index < -0.39 is 30.5 Å². The summed E-state index contributed by atoms with van der Waals surface area (Å²) in [5.41, 5.74) is 0. The molecule has 1 aliphatic rings. The maximum atomic E-state index is 11.8. The lowest BCUT2D eigenvalue weighted by molar-refractivity contribution is -0.155. The highest BCUT2D eigenvalue weighted by atomic mass is 16.5. The maximum absolute atomic E-state index is 11.8. The minimum absolute atomic E-state index is 0.195. The summed E-state index contributed by atoms with van der Waals surface area (Å²) in [6, 6.07) is -0.624. The molecule has 1 rings (SSSR count). The van der Waals surface area contributed by atoms with E-state index in [1.165, 1.54) is 18.9 Å². The van der Waals surface area contributed by atoms with Crippen LogP contribution < -0.4 is 5.32 Å². The van der Waals surface area contributed by atoms with E-state index in [1.807, 2.05) is 0 Å². The third-order valence-corrected chi connectivity index (χ3v) is 2.93. The summed E-state index contributed by atoms with van der Waals surface area (Å²) in [4.78, 5) is 46.6. The molecular weight excluding hydrogens is 268 g/mol. The summed E-state index contributed by atoms with van der Waals surface area (Å²) in [7, 11) is 1.20. The summed E-state index contributed by atoms with van der Waals surface area (Å²) in [5.74, 6) is -2.00. The topological polar surface area (TPSA) is 102 Å². The smallest absolute Gasteiger partial charge is 0.329 e. The second-order valence-electron chi connectivity index (χ2n) is 4.33. The van der Waals surface area contributed by atoms with E-state index in [0.717, 1.165) is 6.42 Å². The molecule has 0 aromatic rings. The number of carbonyl (C=O) groups is 4. The van der Waals surface area contributed by atoms with Crippen LogP contribution in [-0.4, -0.2) is 61.5 Å². The van der Waals surface area contributed by atoms with E-state index in [1.54, 1.807) is 0 Å². The molecule has 1 heterocycles. The minimum Gasteiger partial charge on any atom is -0.468 e. The normalized spacial score (nSPS) is 17.5. The number of carbonyl (C=O) groups excluding carboxylic acids is 4. The molecule has 0 bridgehead atoms. The van der Waals surface area contributed by atoms with Crippen LogP contribution in [0.5, 0.6) is 0 Å². The predicted octanol–water partition coefficient (Wildman–Crippen LogP) is -1.17. The second kappa shape index (κ2) is 7.46. The SMILES string of the molecule is COC(=O)CNC(=O)COC(=O)[C@@H]1CCCN1C(C)=O. The summed E-state index contributed by atoms with van der Waals surface area (Å²) >= 11 is 0. The first-order valence-corrected chi connectivity index (χ1v) is 6.23. The number of methoxy groups -OCH3 is 1. The van der Waals surface area contributed by atoms with Crippen molar-refractivity contribution >= 4 is 23.8 Å². The molecule has 1 N–H and O–H groups in total. The number of hydrogen-bond donors (Lipinski definition) is 1. The Hall–Kier alpha value is -2.12. The summed E-state index contributed by atoms with van der Waals surface area (Å²) < 4.78 is 9.18. The highest BCUT2D eigenvalue weighted by molar-refractivity contribution is 5.87.